The zero-order valence-corrected chi connectivity index (χ0v) is 10.5. The Labute approximate surface area is 110 Å². The van der Waals surface area contributed by atoms with Gasteiger partial charge >= 0.3 is 5.69 Å². The van der Waals surface area contributed by atoms with Crippen LogP contribution in [-0.2, 0) is 0 Å². The molecule has 0 radical (unpaired) electrons. The summed E-state index contributed by atoms with van der Waals surface area (Å²) < 4.78 is 1.47. The zero-order valence-electron chi connectivity index (χ0n) is 10.5. The Hall–Kier alpha value is -2.69. The van der Waals surface area contributed by atoms with Gasteiger partial charge in [0.15, 0.2) is 0 Å². The standard InChI is InChI=1S/C14H14N4O/c1-16-8-11(7-15)12-9-17-14(19)18(10-12)13-5-3-2-4-6-13/h2-10H,15H2,1H3. The first-order valence-electron chi connectivity index (χ1n) is 5.75. The van der Waals surface area contributed by atoms with Crippen LogP contribution in [0.3, 0.4) is 0 Å². The van der Waals surface area contributed by atoms with E-state index < -0.39 is 0 Å². The summed E-state index contributed by atoms with van der Waals surface area (Å²) >= 11 is 0. The van der Waals surface area contributed by atoms with Crippen molar-refractivity contribution in [2.45, 2.75) is 0 Å². The summed E-state index contributed by atoms with van der Waals surface area (Å²) in [5.41, 5.74) is 7.41. The molecule has 2 N–H and O–H groups in total. The lowest BCUT2D eigenvalue weighted by Gasteiger charge is -2.07. The number of allylic oxidation sites excluding steroid dienone is 1. The smallest absolute Gasteiger partial charge is 0.352 e. The third kappa shape index (κ3) is 2.77. The predicted molar refractivity (Wildman–Crippen MR) is 76.4 cm³/mol. The number of nitrogens with two attached hydrogens (primary N) is 1. The number of nitrogens with zero attached hydrogens (tertiary/aromatic N) is 3. The molecule has 2 aromatic rings. The van der Waals surface area contributed by atoms with Crippen LogP contribution in [0.2, 0.25) is 0 Å². The van der Waals surface area contributed by atoms with Crippen molar-refractivity contribution in [3.05, 3.63) is 65.0 Å². The van der Waals surface area contributed by atoms with E-state index in [4.69, 9.17) is 5.73 Å². The van der Waals surface area contributed by atoms with Crippen LogP contribution in [-0.4, -0.2) is 22.8 Å². The molecule has 0 fully saturated rings. The van der Waals surface area contributed by atoms with E-state index in [2.05, 4.69) is 9.98 Å². The average molecular weight is 254 g/mol. The largest absolute Gasteiger partial charge is 0.404 e. The van der Waals surface area contributed by atoms with Gasteiger partial charge in [-0.15, -0.1) is 0 Å². The quantitative estimate of drug-likeness (QED) is 0.837. The van der Waals surface area contributed by atoms with Gasteiger partial charge in [-0.2, -0.15) is 0 Å². The average Bonchev–Trinajstić information content (AvgIpc) is 2.46. The number of para-hydroxylation sites is 1. The monoisotopic (exact) mass is 254 g/mol. The topological polar surface area (TPSA) is 73.3 Å². The molecule has 19 heavy (non-hydrogen) atoms. The molecule has 0 atom stereocenters. The van der Waals surface area contributed by atoms with Crippen LogP contribution in [0.4, 0.5) is 0 Å². The first kappa shape index (κ1) is 12.8. The number of benzene rings is 1. The molecule has 1 aromatic heterocycles. The van der Waals surface area contributed by atoms with Crippen LogP contribution in [0.1, 0.15) is 5.56 Å². The molecule has 0 aliphatic heterocycles. The Bertz CT molecular complexity index is 671. The maximum Gasteiger partial charge on any atom is 0.352 e. The van der Waals surface area contributed by atoms with E-state index in [9.17, 15) is 4.79 Å². The molecule has 0 aliphatic carbocycles. The lowest BCUT2D eigenvalue weighted by Crippen LogP contribution is -2.21. The molecule has 0 amide bonds. The highest BCUT2D eigenvalue weighted by Gasteiger charge is 2.04. The predicted octanol–water partition coefficient (Wildman–Crippen LogP) is 1.23. The second kappa shape index (κ2) is 5.77. The molecule has 2 rings (SSSR count). The summed E-state index contributed by atoms with van der Waals surface area (Å²) in [7, 11) is 1.66. The third-order valence-electron chi connectivity index (χ3n) is 2.60. The van der Waals surface area contributed by atoms with Gasteiger partial charge in [-0.05, 0) is 12.1 Å². The zero-order chi connectivity index (χ0) is 13.7. The molecule has 0 aliphatic rings. The van der Waals surface area contributed by atoms with Crippen molar-refractivity contribution < 1.29 is 0 Å². The summed E-state index contributed by atoms with van der Waals surface area (Å²) in [4.78, 5) is 19.6. The number of hydrogen-bond acceptors (Lipinski definition) is 4. The highest BCUT2D eigenvalue weighted by atomic mass is 16.1. The molecule has 0 bridgehead atoms. The molecule has 0 saturated heterocycles. The van der Waals surface area contributed by atoms with E-state index in [1.54, 1.807) is 19.5 Å². The molecule has 1 heterocycles. The van der Waals surface area contributed by atoms with Crippen molar-refractivity contribution in [3.63, 3.8) is 0 Å². The normalized spacial score (nSPS) is 11.9. The highest BCUT2D eigenvalue weighted by molar-refractivity contribution is 6.09. The Kier molecular flexibility index (Phi) is 3.87. The Morgan fingerprint density at radius 1 is 1.37 bits per heavy atom. The van der Waals surface area contributed by atoms with Gasteiger partial charge in [-0.3, -0.25) is 9.56 Å². The van der Waals surface area contributed by atoms with E-state index in [-0.39, 0.29) is 5.69 Å². The highest BCUT2D eigenvalue weighted by Crippen LogP contribution is 2.11. The molecule has 5 heteroatoms. The van der Waals surface area contributed by atoms with Crippen LogP contribution in [0.15, 0.2) is 58.7 Å². The van der Waals surface area contributed by atoms with Crippen LogP contribution in [0.5, 0.6) is 0 Å². The maximum atomic E-state index is 11.8. The summed E-state index contributed by atoms with van der Waals surface area (Å²) in [6.45, 7) is 0. The fraction of sp³-hybridized carbons (Fsp3) is 0.0714. The SMILES string of the molecule is CN=CC(=CN)c1cnc(=O)n(-c2ccccc2)c1. The van der Waals surface area contributed by atoms with Crippen molar-refractivity contribution in [1.29, 1.82) is 0 Å². The summed E-state index contributed by atoms with van der Waals surface area (Å²) in [6.07, 6.45) is 6.24. The lowest BCUT2D eigenvalue weighted by molar-refractivity contribution is 0.909. The van der Waals surface area contributed by atoms with E-state index >= 15 is 0 Å². The second-order valence-electron chi connectivity index (χ2n) is 3.84. The fourth-order valence-electron chi connectivity index (χ4n) is 1.69. The summed E-state index contributed by atoms with van der Waals surface area (Å²) in [6, 6.07) is 9.29. The van der Waals surface area contributed by atoms with Gasteiger partial charge in [0.05, 0.1) is 5.69 Å². The van der Waals surface area contributed by atoms with Crippen LogP contribution < -0.4 is 11.4 Å². The molecular formula is C14H14N4O. The van der Waals surface area contributed by atoms with Crippen molar-refractivity contribution in [1.82, 2.24) is 9.55 Å². The molecule has 1 aromatic carbocycles. The van der Waals surface area contributed by atoms with Gasteiger partial charge in [0.25, 0.3) is 0 Å². The molecule has 0 spiro atoms. The van der Waals surface area contributed by atoms with Gasteiger partial charge in [0.1, 0.15) is 0 Å². The van der Waals surface area contributed by atoms with Crippen molar-refractivity contribution >= 4 is 11.8 Å². The second-order valence-corrected chi connectivity index (χ2v) is 3.84. The minimum absolute atomic E-state index is 0.334. The Morgan fingerprint density at radius 3 is 2.74 bits per heavy atom. The maximum absolute atomic E-state index is 11.8. The Morgan fingerprint density at radius 2 is 2.11 bits per heavy atom. The van der Waals surface area contributed by atoms with Gasteiger partial charge in [-0.25, -0.2) is 9.78 Å². The van der Waals surface area contributed by atoms with E-state index in [0.29, 0.717) is 5.57 Å². The first-order chi connectivity index (χ1) is 9.26. The van der Waals surface area contributed by atoms with Crippen LogP contribution in [0.25, 0.3) is 11.3 Å². The van der Waals surface area contributed by atoms with Crippen molar-refractivity contribution in [3.8, 4) is 5.69 Å². The van der Waals surface area contributed by atoms with E-state index in [0.717, 1.165) is 11.3 Å². The van der Waals surface area contributed by atoms with E-state index in [1.165, 1.54) is 17.0 Å². The van der Waals surface area contributed by atoms with Crippen LogP contribution >= 0.6 is 0 Å². The fourth-order valence-corrected chi connectivity index (χ4v) is 1.69. The van der Waals surface area contributed by atoms with E-state index in [1.807, 2.05) is 30.3 Å². The first-order valence-corrected chi connectivity index (χ1v) is 5.75. The van der Waals surface area contributed by atoms with Gasteiger partial charge in [0, 0.05) is 43.0 Å². The lowest BCUT2D eigenvalue weighted by atomic mass is 10.1. The molecule has 0 saturated carbocycles. The molecule has 5 nitrogen and oxygen atoms in total. The number of hydrogen-bond donors (Lipinski definition) is 1. The number of rotatable bonds is 3. The minimum atomic E-state index is -0.334. The van der Waals surface area contributed by atoms with Crippen molar-refractivity contribution in [2.75, 3.05) is 7.05 Å². The van der Waals surface area contributed by atoms with Gasteiger partial charge in [0.2, 0.25) is 0 Å². The molecular weight excluding hydrogens is 240 g/mol. The molecule has 96 valence electrons. The Balaban J connectivity index is 2.55. The summed E-state index contributed by atoms with van der Waals surface area (Å²) in [5.74, 6) is 0. The number of aliphatic imine (C=N–C) groups is 1. The van der Waals surface area contributed by atoms with Crippen LogP contribution in [0, 0.1) is 0 Å². The minimum Gasteiger partial charge on any atom is -0.404 e. The number of aromatic nitrogens is 2. The van der Waals surface area contributed by atoms with Crippen molar-refractivity contribution in [2.24, 2.45) is 10.7 Å². The summed E-state index contributed by atoms with van der Waals surface area (Å²) in [5, 5.41) is 0. The van der Waals surface area contributed by atoms with Gasteiger partial charge < -0.3 is 5.73 Å². The third-order valence-corrected chi connectivity index (χ3v) is 2.60. The molecule has 0 unspecified atom stereocenters. The van der Waals surface area contributed by atoms with Gasteiger partial charge in [-0.1, -0.05) is 18.2 Å².